The van der Waals surface area contributed by atoms with Gasteiger partial charge in [0.05, 0.1) is 0 Å². The minimum atomic E-state index is 0.377. The van der Waals surface area contributed by atoms with E-state index in [4.69, 9.17) is 0 Å². The van der Waals surface area contributed by atoms with Gasteiger partial charge < -0.3 is 10.4 Å². The highest BCUT2D eigenvalue weighted by molar-refractivity contribution is 4.87. The fourth-order valence-corrected chi connectivity index (χ4v) is 3.55. The zero-order chi connectivity index (χ0) is 11.4. The molecule has 4 unspecified atom stereocenters. The maximum atomic E-state index is 9.39. The quantitative estimate of drug-likeness (QED) is 0.771. The summed E-state index contributed by atoms with van der Waals surface area (Å²) in [4.78, 5) is 0. The molecule has 0 aromatic carbocycles. The predicted octanol–water partition coefficient (Wildman–Crippen LogP) is 2.71. The first-order valence-electron chi connectivity index (χ1n) is 7.20. The van der Waals surface area contributed by atoms with Gasteiger partial charge in [-0.05, 0) is 43.9 Å². The lowest BCUT2D eigenvalue weighted by Gasteiger charge is -2.33. The van der Waals surface area contributed by atoms with Crippen LogP contribution in [-0.4, -0.2) is 23.8 Å². The van der Waals surface area contributed by atoms with Crippen LogP contribution in [0.3, 0.4) is 0 Å². The fourth-order valence-electron chi connectivity index (χ4n) is 3.55. The number of hydrogen-bond acceptors (Lipinski definition) is 2. The molecule has 2 aliphatic carbocycles. The fraction of sp³-hybridized carbons (Fsp3) is 1.00. The molecule has 0 aliphatic heterocycles. The molecule has 0 aromatic rings. The first-order valence-corrected chi connectivity index (χ1v) is 7.20. The average Bonchev–Trinajstić information content (AvgIpc) is 2.77. The van der Waals surface area contributed by atoms with Crippen LogP contribution in [0.15, 0.2) is 0 Å². The third kappa shape index (κ3) is 2.98. The molecule has 0 amide bonds. The van der Waals surface area contributed by atoms with Gasteiger partial charge in [-0.1, -0.05) is 26.2 Å². The highest BCUT2D eigenvalue weighted by Crippen LogP contribution is 2.31. The lowest BCUT2D eigenvalue weighted by atomic mass is 9.84. The van der Waals surface area contributed by atoms with Crippen molar-refractivity contribution in [2.45, 2.75) is 70.4 Å². The average molecular weight is 225 g/mol. The molecule has 2 fully saturated rings. The summed E-state index contributed by atoms with van der Waals surface area (Å²) in [6.45, 7) is 2.69. The molecule has 4 atom stereocenters. The number of hydrogen-bond donors (Lipinski definition) is 2. The molecular formula is C14H27NO. The van der Waals surface area contributed by atoms with Gasteiger partial charge in [0.1, 0.15) is 0 Å². The van der Waals surface area contributed by atoms with Gasteiger partial charge in [0.25, 0.3) is 0 Å². The Bertz CT molecular complexity index is 207. The first-order chi connectivity index (χ1) is 7.83. The standard InChI is InChI=1S/C14H27NO/c1-2-11-7-8-13(9-11)15-14-6-4-3-5-12(14)10-16/h11-16H,2-10H2,1H3. The van der Waals surface area contributed by atoms with Crippen LogP contribution in [0.2, 0.25) is 0 Å². The molecule has 2 saturated carbocycles. The number of aliphatic hydroxyl groups excluding tert-OH is 1. The molecule has 2 aliphatic rings. The summed E-state index contributed by atoms with van der Waals surface area (Å²) in [7, 11) is 0. The molecule has 16 heavy (non-hydrogen) atoms. The Hall–Kier alpha value is -0.0800. The number of rotatable bonds is 4. The minimum Gasteiger partial charge on any atom is -0.396 e. The molecule has 2 N–H and O–H groups in total. The minimum absolute atomic E-state index is 0.377. The maximum Gasteiger partial charge on any atom is 0.0474 e. The van der Waals surface area contributed by atoms with Crippen LogP contribution in [0.5, 0.6) is 0 Å². The molecular weight excluding hydrogens is 198 g/mol. The van der Waals surface area contributed by atoms with Gasteiger partial charge in [-0.15, -0.1) is 0 Å². The molecule has 0 radical (unpaired) electrons. The SMILES string of the molecule is CCC1CCC(NC2CCCCC2CO)C1. The zero-order valence-corrected chi connectivity index (χ0v) is 10.6. The van der Waals surface area contributed by atoms with Crippen molar-refractivity contribution in [1.82, 2.24) is 5.32 Å². The van der Waals surface area contributed by atoms with E-state index >= 15 is 0 Å². The summed E-state index contributed by atoms with van der Waals surface area (Å²) < 4.78 is 0. The third-order valence-corrected chi connectivity index (χ3v) is 4.71. The lowest BCUT2D eigenvalue weighted by molar-refractivity contribution is 0.145. The largest absolute Gasteiger partial charge is 0.396 e. The van der Waals surface area contributed by atoms with Gasteiger partial charge in [-0.3, -0.25) is 0 Å². The second-order valence-corrected chi connectivity index (χ2v) is 5.78. The summed E-state index contributed by atoms with van der Waals surface area (Å²) in [5, 5.41) is 13.2. The van der Waals surface area contributed by atoms with Gasteiger partial charge in [0.2, 0.25) is 0 Å². The molecule has 0 saturated heterocycles. The van der Waals surface area contributed by atoms with Crippen LogP contribution in [0.1, 0.15) is 58.3 Å². The first kappa shape index (κ1) is 12.4. The van der Waals surface area contributed by atoms with E-state index in [2.05, 4.69) is 12.2 Å². The van der Waals surface area contributed by atoms with E-state index in [0.29, 0.717) is 18.6 Å². The summed E-state index contributed by atoms with van der Waals surface area (Å²) in [5.74, 6) is 1.48. The summed E-state index contributed by atoms with van der Waals surface area (Å²) in [5.41, 5.74) is 0. The van der Waals surface area contributed by atoms with Crippen molar-refractivity contribution < 1.29 is 5.11 Å². The van der Waals surface area contributed by atoms with E-state index in [-0.39, 0.29) is 0 Å². The number of aliphatic hydroxyl groups is 1. The Morgan fingerprint density at radius 1 is 1.12 bits per heavy atom. The molecule has 2 heteroatoms. The summed E-state index contributed by atoms with van der Waals surface area (Å²) in [6.07, 6.45) is 10.6. The molecule has 0 bridgehead atoms. The van der Waals surface area contributed by atoms with Crippen molar-refractivity contribution >= 4 is 0 Å². The van der Waals surface area contributed by atoms with Gasteiger partial charge in [0, 0.05) is 18.7 Å². The molecule has 0 heterocycles. The topological polar surface area (TPSA) is 32.3 Å². The van der Waals surface area contributed by atoms with Crippen molar-refractivity contribution in [3.05, 3.63) is 0 Å². The summed E-state index contributed by atoms with van der Waals surface area (Å²) in [6, 6.07) is 1.33. The Labute approximate surface area is 99.8 Å². The van der Waals surface area contributed by atoms with E-state index in [0.717, 1.165) is 12.0 Å². The van der Waals surface area contributed by atoms with Crippen LogP contribution < -0.4 is 5.32 Å². The Morgan fingerprint density at radius 3 is 2.62 bits per heavy atom. The van der Waals surface area contributed by atoms with Crippen LogP contribution in [-0.2, 0) is 0 Å². The monoisotopic (exact) mass is 225 g/mol. The predicted molar refractivity (Wildman–Crippen MR) is 67.4 cm³/mol. The van der Waals surface area contributed by atoms with Crippen LogP contribution in [0, 0.1) is 11.8 Å². The smallest absolute Gasteiger partial charge is 0.0474 e. The van der Waals surface area contributed by atoms with Crippen molar-refractivity contribution in [2.75, 3.05) is 6.61 Å². The van der Waals surface area contributed by atoms with Crippen molar-refractivity contribution in [3.63, 3.8) is 0 Å². The molecule has 0 spiro atoms. The molecule has 2 nitrogen and oxygen atoms in total. The van der Waals surface area contributed by atoms with E-state index in [9.17, 15) is 5.11 Å². The highest BCUT2D eigenvalue weighted by atomic mass is 16.3. The molecule has 0 aromatic heterocycles. The Balaban J connectivity index is 1.79. The van der Waals surface area contributed by atoms with E-state index in [1.807, 2.05) is 0 Å². The maximum absolute atomic E-state index is 9.39. The van der Waals surface area contributed by atoms with Crippen LogP contribution >= 0.6 is 0 Å². The molecule has 94 valence electrons. The van der Waals surface area contributed by atoms with Crippen molar-refractivity contribution in [3.8, 4) is 0 Å². The second kappa shape index (κ2) is 6.02. The third-order valence-electron chi connectivity index (χ3n) is 4.71. The van der Waals surface area contributed by atoms with Gasteiger partial charge in [0.15, 0.2) is 0 Å². The van der Waals surface area contributed by atoms with Crippen LogP contribution in [0.25, 0.3) is 0 Å². The zero-order valence-electron chi connectivity index (χ0n) is 10.6. The Kier molecular flexibility index (Phi) is 4.66. The lowest BCUT2D eigenvalue weighted by Crippen LogP contribution is -2.44. The molecule has 2 rings (SSSR count). The van der Waals surface area contributed by atoms with E-state index in [1.165, 1.54) is 51.4 Å². The van der Waals surface area contributed by atoms with Gasteiger partial charge in [-0.25, -0.2) is 0 Å². The normalized spacial score (nSPS) is 40.1. The highest BCUT2D eigenvalue weighted by Gasteiger charge is 2.29. The van der Waals surface area contributed by atoms with Gasteiger partial charge in [-0.2, -0.15) is 0 Å². The van der Waals surface area contributed by atoms with E-state index < -0.39 is 0 Å². The van der Waals surface area contributed by atoms with Crippen molar-refractivity contribution in [1.29, 1.82) is 0 Å². The second-order valence-electron chi connectivity index (χ2n) is 5.78. The van der Waals surface area contributed by atoms with Gasteiger partial charge >= 0.3 is 0 Å². The van der Waals surface area contributed by atoms with Crippen LogP contribution in [0.4, 0.5) is 0 Å². The van der Waals surface area contributed by atoms with Crippen molar-refractivity contribution in [2.24, 2.45) is 11.8 Å². The number of nitrogens with one attached hydrogen (secondary N) is 1. The van der Waals surface area contributed by atoms with E-state index in [1.54, 1.807) is 0 Å². The Morgan fingerprint density at radius 2 is 1.94 bits per heavy atom. The summed E-state index contributed by atoms with van der Waals surface area (Å²) >= 11 is 0.